The van der Waals surface area contributed by atoms with Crippen LogP contribution in [0.2, 0.25) is 0 Å². The lowest BCUT2D eigenvalue weighted by Gasteiger charge is -2.21. The summed E-state index contributed by atoms with van der Waals surface area (Å²) in [5.41, 5.74) is 1.10. The summed E-state index contributed by atoms with van der Waals surface area (Å²) >= 11 is 0. The first kappa shape index (κ1) is 14.3. The topological polar surface area (TPSA) is 68.8 Å². The van der Waals surface area contributed by atoms with Crippen LogP contribution in [0.4, 0.5) is 0 Å². The third kappa shape index (κ3) is 3.91. The average Bonchev–Trinajstić information content (AvgIpc) is 3.14. The SMILES string of the molecule is Cc1nc(CCNCc2ccn(C3CCCCC3)n2)no1. The molecule has 21 heavy (non-hydrogen) atoms. The Kier molecular flexibility index (Phi) is 4.65. The van der Waals surface area contributed by atoms with Gasteiger partial charge in [0.05, 0.1) is 11.7 Å². The maximum atomic E-state index is 4.95. The number of aromatic nitrogens is 4. The minimum Gasteiger partial charge on any atom is -0.340 e. The fraction of sp³-hybridized carbons (Fsp3) is 0.667. The van der Waals surface area contributed by atoms with Gasteiger partial charge in [-0.3, -0.25) is 4.68 Å². The van der Waals surface area contributed by atoms with E-state index in [-0.39, 0.29) is 0 Å². The molecule has 2 heterocycles. The van der Waals surface area contributed by atoms with Crippen molar-refractivity contribution in [2.75, 3.05) is 6.54 Å². The Balaban J connectivity index is 1.42. The molecule has 1 aliphatic carbocycles. The molecule has 1 aliphatic rings. The zero-order valence-electron chi connectivity index (χ0n) is 12.6. The van der Waals surface area contributed by atoms with E-state index < -0.39 is 0 Å². The first-order chi connectivity index (χ1) is 10.3. The zero-order valence-corrected chi connectivity index (χ0v) is 12.6. The molecule has 6 heteroatoms. The molecule has 1 saturated carbocycles. The van der Waals surface area contributed by atoms with Crippen molar-refractivity contribution in [1.82, 2.24) is 25.2 Å². The maximum absolute atomic E-state index is 4.95. The summed E-state index contributed by atoms with van der Waals surface area (Å²) in [6.45, 7) is 3.42. The maximum Gasteiger partial charge on any atom is 0.223 e. The van der Waals surface area contributed by atoms with Gasteiger partial charge in [0.15, 0.2) is 5.82 Å². The Labute approximate surface area is 124 Å². The summed E-state index contributed by atoms with van der Waals surface area (Å²) in [6, 6.07) is 2.72. The zero-order chi connectivity index (χ0) is 14.5. The second-order valence-corrected chi connectivity index (χ2v) is 5.74. The third-order valence-electron chi connectivity index (χ3n) is 4.01. The Bertz CT molecular complexity index is 556. The number of nitrogens with zero attached hydrogens (tertiary/aromatic N) is 4. The molecule has 6 nitrogen and oxygen atoms in total. The van der Waals surface area contributed by atoms with Gasteiger partial charge in [-0.1, -0.05) is 24.4 Å². The summed E-state index contributed by atoms with van der Waals surface area (Å²) in [4.78, 5) is 4.18. The van der Waals surface area contributed by atoms with Crippen LogP contribution in [0.1, 0.15) is 55.6 Å². The summed E-state index contributed by atoms with van der Waals surface area (Å²) in [5.74, 6) is 1.38. The molecule has 0 bridgehead atoms. The van der Waals surface area contributed by atoms with Crippen molar-refractivity contribution in [3.8, 4) is 0 Å². The number of nitrogens with one attached hydrogen (secondary N) is 1. The van der Waals surface area contributed by atoms with Crippen LogP contribution >= 0.6 is 0 Å². The number of hydrogen-bond donors (Lipinski definition) is 1. The van der Waals surface area contributed by atoms with E-state index in [1.165, 1.54) is 32.1 Å². The van der Waals surface area contributed by atoms with Gasteiger partial charge in [-0.2, -0.15) is 10.1 Å². The highest BCUT2D eigenvalue weighted by Gasteiger charge is 2.15. The molecule has 0 atom stereocenters. The molecule has 0 unspecified atom stereocenters. The van der Waals surface area contributed by atoms with Crippen molar-refractivity contribution in [3.05, 3.63) is 29.7 Å². The van der Waals surface area contributed by atoms with Crippen LogP contribution in [-0.4, -0.2) is 26.5 Å². The van der Waals surface area contributed by atoms with Gasteiger partial charge in [-0.15, -0.1) is 0 Å². The van der Waals surface area contributed by atoms with Crippen LogP contribution in [0, 0.1) is 6.92 Å². The van der Waals surface area contributed by atoms with E-state index in [0.717, 1.165) is 31.0 Å². The van der Waals surface area contributed by atoms with Crippen LogP contribution in [0.15, 0.2) is 16.8 Å². The lowest BCUT2D eigenvalue weighted by atomic mass is 9.96. The highest BCUT2D eigenvalue weighted by Crippen LogP contribution is 2.27. The van der Waals surface area contributed by atoms with Gasteiger partial charge in [0.1, 0.15) is 0 Å². The van der Waals surface area contributed by atoms with Crippen LogP contribution in [-0.2, 0) is 13.0 Å². The van der Waals surface area contributed by atoms with E-state index in [0.29, 0.717) is 11.9 Å². The van der Waals surface area contributed by atoms with E-state index in [1.54, 1.807) is 0 Å². The quantitative estimate of drug-likeness (QED) is 0.827. The Hall–Kier alpha value is -1.69. The smallest absolute Gasteiger partial charge is 0.223 e. The van der Waals surface area contributed by atoms with Gasteiger partial charge >= 0.3 is 0 Å². The van der Waals surface area contributed by atoms with E-state index >= 15 is 0 Å². The van der Waals surface area contributed by atoms with Crippen LogP contribution < -0.4 is 5.32 Å². The van der Waals surface area contributed by atoms with Crippen molar-refractivity contribution >= 4 is 0 Å². The average molecular weight is 289 g/mol. The van der Waals surface area contributed by atoms with Gasteiger partial charge in [0.2, 0.25) is 5.89 Å². The molecule has 0 amide bonds. The normalized spacial score (nSPS) is 16.4. The monoisotopic (exact) mass is 289 g/mol. The predicted octanol–water partition coefficient (Wildman–Crippen LogP) is 2.41. The van der Waals surface area contributed by atoms with Crippen molar-refractivity contribution in [3.63, 3.8) is 0 Å². The molecule has 1 N–H and O–H groups in total. The van der Waals surface area contributed by atoms with Crippen molar-refractivity contribution in [2.45, 2.75) is 58.0 Å². The summed E-state index contributed by atoms with van der Waals surface area (Å²) in [6.07, 6.45) is 9.49. The standard InChI is InChI=1S/C15H23N5O/c1-12-17-15(19-21-12)7-9-16-11-13-8-10-20(18-13)14-5-3-2-4-6-14/h8,10,14,16H,2-7,9,11H2,1H3. The highest BCUT2D eigenvalue weighted by molar-refractivity contribution is 5.00. The minimum atomic E-state index is 0.606. The second kappa shape index (κ2) is 6.85. The van der Waals surface area contributed by atoms with Gasteiger partial charge in [-0.05, 0) is 18.9 Å². The summed E-state index contributed by atoms with van der Waals surface area (Å²) in [7, 11) is 0. The largest absolute Gasteiger partial charge is 0.340 e. The van der Waals surface area contributed by atoms with Crippen LogP contribution in [0.25, 0.3) is 0 Å². The van der Waals surface area contributed by atoms with Crippen LogP contribution in [0.5, 0.6) is 0 Å². The molecule has 2 aromatic rings. The third-order valence-corrected chi connectivity index (χ3v) is 4.01. The van der Waals surface area contributed by atoms with E-state index in [2.05, 4.69) is 37.5 Å². The summed E-state index contributed by atoms with van der Waals surface area (Å²) < 4.78 is 7.10. The van der Waals surface area contributed by atoms with Crippen molar-refractivity contribution in [1.29, 1.82) is 0 Å². The van der Waals surface area contributed by atoms with Gasteiger partial charge in [0.25, 0.3) is 0 Å². The molecule has 114 valence electrons. The number of aryl methyl sites for hydroxylation is 1. The van der Waals surface area contributed by atoms with Crippen molar-refractivity contribution < 1.29 is 4.52 Å². The molecule has 0 saturated heterocycles. The second-order valence-electron chi connectivity index (χ2n) is 5.74. The lowest BCUT2D eigenvalue weighted by molar-refractivity contribution is 0.327. The number of hydrogen-bond acceptors (Lipinski definition) is 5. The molecule has 2 aromatic heterocycles. The molecule has 3 rings (SSSR count). The first-order valence-corrected chi connectivity index (χ1v) is 7.85. The van der Waals surface area contributed by atoms with Crippen LogP contribution in [0.3, 0.4) is 0 Å². The van der Waals surface area contributed by atoms with E-state index in [9.17, 15) is 0 Å². The molecular formula is C15H23N5O. The first-order valence-electron chi connectivity index (χ1n) is 7.85. The summed E-state index contributed by atoms with van der Waals surface area (Å²) in [5, 5.41) is 11.9. The molecule has 1 fully saturated rings. The molecule has 0 spiro atoms. The van der Waals surface area contributed by atoms with Crippen molar-refractivity contribution in [2.24, 2.45) is 0 Å². The molecular weight excluding hydrogens is 266 g/mol. The van der Waals surface area contributed by atoms with E-state index in [1.807, 2.05) is 6.92 Å². The lowest BCUT2D eigenvalue weighted by Crippen LogP contribution is -2.18. The molecule has 0 radical (unpaired) electrons. The molecule has 0 aromatic carbocycles. The van der Waals surface area contributed by atoms with Gasteiger partial charge < -0.3 is 9.84 Å². The molecule has 0 aliphatic heterocycles. The Morgan fingerprint density at radius 3 is 2.95 bits per heavy atom. The Morgan fingerprint density at radius 2 is 2.19 bits per heavy atom. The fourth-order valence-electron chi connectivity index (χ4n) is 2.88. The Morgan fingerprint density at radius 1 is 1.33 bits per heavy atom. The number of rotatable bonds is 6. The van der Waals surface area contributed by atoms with Gasteiger partial charge in [0, 0.05) is 32.6 Å². The highest BCUT2D eigenvalue weighted by atomic mass is 16.5. The fourth-order valence-corrected chi connectivity index (χ4v) is 2.88. The minimum absolute atomic E-state index is 0.606. The van der Waals surface area contributed by atoms with Gasteiger partial charge in [-0.25, -0.2) is 0 Å². The predicted molar refractivity (Wildman–Crippen MR) is 78.8 cm³/mol. The van der Waals surface area contributed by atoms with E-state index in [4.69, 9.17) is 4.52 Å².